The number of fused-ring (bicyclic) bond motifs is 1. The summed E-state index contributed by atoms with van der Waals surface area (Å²) < 4.78 is 29.6. The second-order valence-electron chi connectivity index (χ2n) is 7.77. The zero-order valence-electron chi connectivity index (χ0n) is 16.4. The summed E-state index contributed by atoms with van der Waals surface area (Å²) in [7, 11) is 1.82. The topological polar surface area (TPSA) is 54.3 Å². The first kappa shape index (κ1) is 21.6. The highest BCUT2D eigenvalue weighted by atomic mass is 79.9. The third-order valence-electron chi connectivity index (χ3n) is 4.36. The van der Waals surface area contributed by atoms with Crippen molar-refractivity contribution in [2.24, 2.45) is 7.05 Å². The molecule has 1 heterocycles. The highest BCUT2D eigenvalue weighted by molar-refractivity contribution is 9.10. The van der Waals surface area contributed by atoms with Gasteiger partial charge in [-0.2, -0.15) is 0 Å². The molecule has 0 aliphatic rings. The van der Waals surface area contributed by atoms with Crippen LogP contribution < -0.4 is 5.32 Å². The van der Waals surface area contributed by atoms with Crippen molar-refractivity contribution in [3.63, 3.8) is 0 Å². The van der Waals surface area contributed by atoms with E-state index < -0.39 is 17.2 Å². The van der Waals surface area contributed by atoms with Crippen LogP contribution in [0.2, 0.25) is 0 Å². The van der Waals surface area contributed by atoms with Gasteiger partial charge in [-0.25, -0.2) is 8.78 Å². The number of benzene rings is 2. The van der Waals surface area contributed by atoms with Crippen LogP contribution in [0, 0.1) is 11.6 Å². The minimum atomic E-state index is -0.644. The Morgan fingerprint density at radius 1 is 1.24 bits per heavy atom. The van der Waals surface area contributed by atoms with E-state index in [1.165, 1.54) is 23.9 Å². The Balaban J connectivity index is 2.10. The van der Waals surface area contributed by atoms with Crippen LogP contribution >= 0.6 is 27.7 Å². The van der Waals surface area contributed by atoms with Gasteiger partial charge in [-0.15, -0.1) is 11.8 Å². The molecule has 0 saturated heterocycles. The molecule has 2 aromatic carbocycles. The third kappa shape index (κ3) is 4.59. The number of amides is 1. The zero-order chi connectivity index (χ0) is 21.5. The number of phenols is 1. The molecule has 0 spiro atoms. The number of phenolic OH excluding ortho intramolecular Hbond substituents is 1. The van der Waals surface area contributed by atoms with Gasteiger partial charge in [0.15, 0.2) is 0 Å². The van der Waals surface area contributed by atoms with E-state index in [9.17, 15) is 18.7 Å². The van der Waals surface area contributed by atoms with Gasteiger partial charge in [-0.1, -0.05) is 0 Å². The molecule has 29 heavy (non-hydrogen) atoms. The van der Waals surface area contributed by atoms with Gasteiger partial charge in [0.25, 0.3) is 5.91 Å². The number of nitrogens with zero attached hydrogens (tertiary/aromatic N) is 1. The van der Waals surface area contributed by atoms with Crippen LogP contribution in [0.15, 0.2) is 39.7 Å². The van der Waals surface area contributed by atoms with E-state index in [0.29, 0.717) is 31.8 Å². The molecular formula is C21H21BrF2N2O2S. The number of hydrogen-bond acceptors (Lipinski definition) is 3. The summed E-state index contributed by atoms with van der Waals surface area (Å²) >= 11 is 4.49. The molecule has 1 aromatic heterocycles. The minimum Gasteiger partial charge on any atom is -0.507 e. The number of nitrogens with one attached hydrogen (secondary N) is 1. The fourth-order valence-electron chi connectivity index (χ4n) is 3.06. The molecular weight excluding hydrogens is 462 g/mol. The van der Waals surface area contributed by atoms with Crippen molar-refractivity contribution in [1.82, 2.24) is 9.88 Å². The van der Waals surface area contributed by atoms with Crippen molar-refractivity contribution >= 4 is 44.5 Å². The molecule has 3 rings (SSSR count). The van der Waals surface area contributed by atoms with E-state index in [-0.39, 0.29) is 11.7 Å². The number of rotatable bonds is 4. The minimum absolute atomic E-state index is 0.0247. The molecule has 1 amide bonds. The van der Waals surface area contributed by atoms with Crippen LogP contribution in [0.5, 0.6) is 5.75 Å². The lowest BCUT2D eigenvalue weighted by Gasteiger charge is -2.21. The summed E-state index contributed by atoms with van der Waals surface area (Å²) in [6.45, 7) is 5.64. The lowest BCUT2D eigenvalue weighted by Crippen LogP contribution is -2.40. The van der Waals surface area contributed by atoms with Gasteiger partial charge in [0.05, 0.1) is 15.6 Å². The Kier molecular flexibility index (Phi) is 5.96. The quantitative estimate of drug-likeness (QED) is 0.465. The van der Waals surface area contributed by atoms with Crippen molar-refractivity contribution in [1.29, 1.82) is 0 Å². The molecule has 2 N–H and O–H groups in total. The third-order valence-corrected chi connectivity index (χ3v) is 6.06. The van der Waals surface area contributed by atoms with Crippen molar-refractivity contribution in [2.75, 3.05) is 0 Å². The fourth-order valence-corrected chi connectivity index (χ4v) is 4.38. The molecule has 0 bridgehead atoms. The Hall–Kier alpha value is -2.06. The van der Waals surface area contributed by atoms with E-state index in [1.807, 2.05) is 32.4 Å². The van der Waals surface area contributed by atoms with Crippen LogP contribution in [-0.4, -0.2) is 21.1 Å². The Bertz CT molecular complexity index is 1110. The van der Waals surface area contributed by atoms with Crippen molar-refractivity contribution in [2.45, 2.75) is 37.0 Å². The van der Waals surface area contributed by atoms with Gasteiger partial charge in [-0.05, 0) is 61.0 Å². The van der Waals surface area contributed by atoms with Crippen molar-refractivity contribution < 1.29 is 18.7 Å². The van der Waals surface area contributed by atoms with Crippen LogP contribution in [0.4, 0.5) is 8.78 Å². The van der Waals surface area contributed by atoms with E-state index in [4.69, 9.17) is 0 Å². The number of carbonyl (C=O) groups is 1. The molecule has 0 fully saturated rings. The monoisotopic (exact) mass is 482 g/mol. The number of aromatic hydroxyl groups is 1. The molecule has 0 aliphatic heterocycles. The number of aromatic nitrogens is 1. The van der Waals surface area contributed by atoms with Gasteiger partial charge in [0.2, 0.25) is 0 Å². The number of halogens is 3. The lowest BCUT2D eigenvalue weighted by molar-refractivity contribution is 0.0920. The highest BCUT2D eigenvalue weighted by Gasteiger charge is 2.25. The van der Waals surface area contributed by atoms with Gasteiger partial charge in [0, 0.05) is 40.4 Å². The van der Waals surface area contributed by atoms with E-state index >= 15 is 0 Å². The lowest BCUT2D eigenvalue weighted by atomic mass is 10.1. The first-order chi connectivity index (χ1) is 13.5. The second-order valence-corrected chi connectivity index (χ2v) is 9.64. The maximum atomic E-state index is 14.1. The summed E-state index contributed by atoms with van der Waals surface area (Å²) in [5.74, 6) is -1.24. The Labute approximate surface area is 180 Å². The molecule has 0 unspecified atom stereocenters. The van der Waals surface area contributed by atoms with E-state index in [2.05, 4.69) is 21.2 Å². The summed E-state index contributed by atoms with van der Waals surface area (Å²) in [6, 6.07) is 6.71. The van der Waals surface area contributed by atoms with Crippen molar-refractivity contribution in [3.05, 3.63) is 57.7 Å². The standard InChI is InChI=1S/C21H21BrF2N2O2S/c1-21(2,3)25-20(28)19-12-8-17(27)13(22)9-15(12)26(4)16(19)10-29-18-6-5-11(23)7-14(18)24/h5-9,27H,10H2,1-4H3,(H,25,28). The molecule has 0 atom stereocenters. The zero-order valence-corrected chi connectivity index (χ0v) is 18.8. The van der Waals surface area contributed by atoms with Crippen molar-refractivity contribution in [3.8, 4) is 5.75 Å². The summed E-state index contributed by atoms with van der Waals surface area (Å²) in [4.78, 5) is 13.4. The molecule has 154 valence electrons. The molecule has 0 aliphatic carbocycles. The van der Waals surface area contributed by atoms with Crippen LogP contribution in [-0.2, 0) is 12.8 Å². The summed E-state index contributed by atoms with van der Waals surface area (Å²) in [5.41, 5.74) is 1.40. The largest absolute Gasteiger partial charge is 0.507 e. The van der Waals surface area contributed by atoms with Crippen LogP contribution in [0.1, 0.15) is 36.8 Å². The second kappa shape index (κ2) is 7.99. The van der Waals surface area contributed by atoms with E-state index in [1.54, 1.807) is 12.1 Å². The first-order valence-corrected chi connectivity index (χ1v) is 10.7. The molecule has 0 radical (unpaired) electrons. The molecule has 4 nitrogen and oxygen atoms in total. The van der Waals surface area contributed by atoms with Gasteiger partial charge < -0.3 is 15.0 Å². The Morgan fingerprint density at radius 2 is 1.93 bits per heavy atom. The average Bonchev–Trinajstić information content (AvgIpc) is 2.85. The van der Waals surface area contributed by atoms with Gasteiger partial charge in [-0.3, -0.25) is 4.79 Å². The highest BCUT2D eigenvalue weighted by Crippen LogP contribution is 2.36. The smallest absolute Gasteiger partial charge is 0.254 e. The van der Waals surface area contributed by atoms with Crippen LogP contribution in [0.3, 0.4) is 0 Å². The average molecular weight is 483 g/mol. The predicted molar refractivity (Wildman–Crippen MR) is 115 cm³/mol. The van der Waals surface area contributed by atoms with Gasteiger partial charge in [0.1, 0.15) is 17.4 Å². The van der Waals surface area contributed by atoms with E-state index in [0.717, 1.165) is 11.6 Å². The Morgan fingerprint density at radius 3 is 2.55 bits per heavy atom. The SMILES string of the molecule is Cn1c(CSc2ccc(F)cc2F)c(C(=O)NC(C)(C)C)c2cc(O)c(Br)cc21. The maximum Gasteiger partial charge on any atom is 0.254 e. The molecule has 8 heteroatoms. The first-order valence-electron chi connectivity index (χ1n) is 8.88. The summed E-state index contributed by atoms with van der Waals surface area (Å²) in [6.07, 6.45) is 0. The van der Waals surface area contributed by atoms with Crippen LogP contribution in [0.25, 0.3) is 10.9 Å². The maximum absolute atomic E-state index is 14.1. The summed E-state index contributed by atoms with van der Waals surface area (Å²) in [5, 5.41) is 13.7. The fraction of sp³-hybridized carbons (Fsp3) is 0.286. The molecule has 0 saturated carbocycles. The predicted octanol–water partition coefficient (Wildman–Crippen LogP) is 5.75. The number of hydrogen-bond donors (Lipinski definition) is 2. The number of carbonyl (C=O) groups excluding carboxylic acids is 1. The normalized spacial score (nSPS) is 11.8. The molecule has 3 aromatic rings. The number of aryl methyl sites for hydroxylation is 1. The van der Waals surface area contributed by atoms with Gasteiger partial charge >= 0.3 is 0 Å². The number of thioether (sulfide) groups is 1.